The number of anilines is 1. The number of alkyl halides is 3. The van der Waals surface area contributed by atoms with Gasteiger partial charge in [-0.25, -0.2) is 4.79 Å². The van der Waals surface area contributed by atoms with Crippen LogP contribution in [0.2, 0.25) is 0 Å². The molecule has 1 N–H and O–H groups in total. The van der Waals surface area contributed by atoms with Crippen LogP contribution in [0.5, 0.6) is 11.5 Å². The second kappa shape index (κ2) is 9.07. The summed E-state index contributed by atoms with van der Waals surface area (Å²) in [4.78, 5) is 25.4. The van der Waals surface area contributed by atoms with Gasteiger partial charge in [0, 0.05) is 23.9 Å². The van der Waals surface area contributed by atoms with E-state index >= 15 is 0 Å². The van der Waals surface area contributed by atoms with Crippen LogP contribution in [0.3, 0.4) is 0 Å². The zero-order valence-electron chi connectivity index (χ0n) is 19.1. The molecule has 0 saturated carbocycles. The van der Waals surface area contributed by atoms with Crippen LogP contribution in [-0.4, -0.2) is 36.6 Å². The van der Waals surface area contributed by atoms with Crippen LogP contribution in [0.1, 0.15) is 22.3 Å². The van der Waals surface area contributed by atoms with Gasteiger partial charge >= 0.3 is 12.3 Å². The van der Waals surface area contributed by atoms with E-state index in [1.165, 1.54) is 23.1 Å². The molecule has 2 heterocycles. The monoisotopic (exact) mass is 494 g/mol. The van der Waals surface area contributed by atoms with Crippen LogP contribution in [-0.2, 0) is 22.1 Å². The summed E-state index contributed by atoms with van der Waals surface area (Å²) in [5.74, 6) is -0.473. The standard InChI is InChI=1S/C27H21F3N2O4/c1-32-18(15-35-26(32)34)12-16-6-9-19(10-7-16)36-24-11-8-17(14-22(24)27(28,29)30)13-21-20-4-2-3-5-23(20)31-25(21)33/h2-11,13-14,18H,12,15H2,1H3,(H,31,33)/b21-13-. The average molecular weight is 494 g/mol. The maximum atomic E-state index is 13.9. The number of para-hydroxylation sites is 1. The first-order valence-corrected chi connectivity index (χ1v) is 11.2. The van der Waals surface area contributed by atoms with E-state index in [-0.39, 0.29) is 41.7 Å². The molecule has 0 aromatic heterocycles. The van der Waals surface area contributed by atoms with Crippen molar-refractivity contribution >= 4 is 29.3 Å². The van der Waals surface area contributed by atoms with E-state index in [0.717, 1.165) is 11.6 Å². The molecule has 5 rings (SSSR count). The number of cyclic esters (lactones) is 1. The number of likely N-dealkylation sites (N-methyl/N-ethyl adjacent to an activating group) is 1. The fraction of sp³-hybridized carbons (Fsp3) is 0.185. The van der Waals surface area contributed by atoms with Crippen molar-refractivity contribution in [1.29, 1.82) is 0 Å². The van der Waals surface area contributed by atoms with Crippen molar-refractivity contribution in [2.24, 2.45) is 0 Å². The van der Waals surface area contributed by atoms with E-state index in [1.807, 2.05) is 0 Å². The van der Waals surface area contributed by atoms with E-state index < -0.39 is 11.7 Å². The summed E-state index contributed by atoms with van der Waals surface area (Å²) >= 11 is 0. The molecule has 2 aliphatic rings. The number of nitrogens with zero attached hydrogens (tertiary/aromatic N) is 1. The zero-order valence-corrected chi connectivity index (χ0v) is 19.1. The van der Waals surface area contributed by atoms with Gasteiger partial charge in [0.05, 0.1) is 11.6 Å². The van der Waals surface area contributed by atoms with Crippen LogP contribution in [0, 0.1) is 0 Å². The highest BCUT2D eigenvalue weighted by atomic mass is 19.4. The molecule has 3 aromatic carbocycles. The molecule has 0 aliphatic carbocycles. The van der Waals surface area contributed by atoms with Gasteiger partial charge < -0.3 is 19.7 Å². The van der Waals surface area contributed by atoms with Gasteiger partial charge in [0.1, 0.15) is 18.1 Å². The van der Waals surface area contributed by atoms with Crippen molar-refractivity contribution in [3.05, 3.63) is 89.0 Å². The smallest absolute Gasteiger partial charge is 0.420 e. The first-order valence-electron chi connectivity index (χ1n) is 11.2. The quantitative estimate of drug-likeness (QED) is 0.443. The molecule has 2 amide bonds. The summed E-state index contributed by atoms with van der Waals surface area (Å²) in [7, 11) is 1.66. The Balaban J connectivity index is 1.38. The number of hydrogen-bond acceptors (Lipinski definition) is 4. The van der Waals surface area contributed by atoms with Crippen LogP contribution in [0.25, 0.3) is 11.6 Å². The summed E-state index contributed by atoms with van der Waals surface area (Å²) in [6.07, 6.45) is -3.06. The van der Waals surface area contributed by atoms with Crippen molar-refractivity contribution in [3.63, 3.8) is 0 Å². The molecule has 36 heavy (non-hydrogen) atoms. The molecular weight excluding hydrogens is 473 g/mol. The van der Waals surface area contributed by atoms with Crippen LogP contribution in [0.15, 0.2) is 66.7 Å². The molecule has 6 nitrogen and oxygen atoms in total. The molecule has 1 unspecified atom stereocenters. The third-order valence-corrected chi connectivity index (χ3v) is 6.19. The van der Waals surface area contributed by atoms with Crippen molar-refractivity contribution < 1.29 is 32.2 Å². The van der Waals surface area contributed by atoms with Gasteiger partial charge in [0.2, 0.25) is 0 Å². The topological polar surface area (TPSA) is 67.9 Å². The van der Waals surface area contributed by atoms with Crippen molar-refractivity contribution in [2.75, 3.05) is 19.0 Å². The summed E-state index contributed by atoms with van der Waals surface area (Å²) < 4.78 is 52.3. The van der Waals surface area contributed by atoms with Gasteiger partial charge in [-0.05, 0) is 54.0 Å². The average Bonchev–Trinajstić information content (AvgIpc) is 3.33. The second-order valence-corrected chi connectivity index (χ2v) is 8.60. The van der Waals surface area contributed by atoms with E-state index in [4.69, 9.17) is 9.47 Å². The first-order chi connectivity index (χ1) is 17.2. The number of amides is 2. The Hall–Kier alpha value is -4.27. The van der Waals surface area contributed by atoms with Gasteiger partial charge in [-0.3, -0.25) is 4.79 Å². The fourth-order valence-electron chi connectivity index (χ4n) is 4.22. The predicted molar refractivity (Wildman–Crippen MR) is 128 cm³/mol. The minimum Gasteiger partial charge on any atom is -0.457 e. The number of carbonyl (C=O) groups excluding carboxylic acids is 2. The maximum Gasteiger partial charge on any atom is 0.420 e. The van der Waals surface area contributed by atoms with Gasteiger partial charge in [0.25, 0.3) is 5.91 Å². The molecule has 1 atom stereocenters. The number of halogens is 3. The van der Waals surface area contributed by atoms with Crippen LogP contribution < -0.4 is 10.1 Å². The van der Waals surface area contributed by atoms with Gasteiger partial charge in [0.15, 0.2) is 0 Å². The molecule has 184 valence electrons. The number of benzene rings is 3. The van der Waals surface area contributed by atoms with Crippen molar-refractivity contribution in [1.82, 2.24) is 4.90 Å². The van der Waals surface area contributed by atoms with Crippen LogP contribution >= 0.6 is 0 Å². The summed E-state index contributed by atoms with van der Waals surface area (Å²) in [6.45, 7) is 0.290. The molecule has 0 spiro atoms. The van der Waals surface area contributed by atoms with Crippen molar-refractivity contribution in [3.8, 4) is 11.5 Å². The Bertz CT molecular complexity index is 1370. The Labute approximate surface area is 204 Å². The Morgan fingerprint density at radius 1 is 1.08 bits per heavy atom. The molecule has 9 heteroatoms. The van der Waals surface area contributed by atoms with Crippen molar-refractivity contribution in [2.45, 2.75) is 18.6 Å². The number of ether oxygens (including phenoxy) is 2. The third-order valence-electron chi connectivity index (χ3n) is 6.19. The Kier molecular flexibility index (Phi) is 5.91. The summed E-state index contributed by atoms with van der Waals surface area (Å²) in [6, 6.07) is 17.3. The highest BCUT2D eigenvalue weighted by Crippen LogP contribution is 2.40. The van der Waals surface area contributed by atoms with Crippen LogP contribution in [0.4, 0.5) is 23.7 Å². The molecule has 0 bridgehead atoms. The lowest BCUT2D eigenvalue weighted by molar-refractivity contribution is -0.138. The molecular formula is C27H21F3N2O4. The van der Waals surface area contributed by atoms with Gasteiger partial charge in [-0.2, -0.15) is 13.2 Å². The summed E-state index contributed by atoms with van der Waals surface area (Å²) in [5.41, 5.74) is 1.72. The molecule has 1 fully saturated rings. The lowest BCUT2D eigenvalue weighted by atomic mass is 10.0. The lowest BCUT2D eigenvalue weighted by Crippen LogP contribution is -2.30. The largest absolute Gasteiger partial charge is 0.457 e. The molecule has 0 radical (unpaired) electrons. The number of carbonyl (C=O) groups is 2. The molecule has 3 aromatic rings. The normalized spacial score (nSPS) is 18.3. The second-order valence-electron chi connectivity index (χ2n) is 8.60. The number of hydrogen-bond donors (Lipinski definition) is 1. The lowest BCUT2D eigenvalue weighted by Gasteiger charge is -2.17. The predicted octanol–water partition coefficient (Wildman–Crippen LogP) is 5.98. The Morgan fingerprint density at radius 3 is 2.53 bits per heavy atom. The van der Waals surface area contributed by atoms with E-state index in [9.17, 15) is 22.8 Å². The fourth-order valence-corrected chi connectivity index (χ4v) is 4.22. The van der Waals surface area contributed by atoms with E-state index in [0.29, 0.717) is 23.2 Å². The highest BCUT2D eigenvalue weighted by molar-refractivity contribution is 6.34. The highest BCUT2D eigenvalue weighted by Gasteiger charge is 2.35. The van der Waals surface area contributed by atoms with E-state index in [2.05, 4.69) is 5.32 Å². The third kappa shape index (κ3) is 4.64. The van der Waals surface area contributed by atoms with Gasteiger partial charge in [-0.15, -0.1) is 0 Å². The SMILES string of the molecule is CN1C(=O)OCC1Cc1ccc(Oc2ccc(/C=C3\C(=O)Nc4ccccc43)cc2C(F)(F)F)cc1. The van der Waals surface area contributed by atoms with E-state index in [1.54, 1.807) is 55.6 Å². The minimum absolute atomic E-state index is 0.100. The maximum absolute atomic E-state index is 13.9. The van der Waals surface area contributed by atoms with Gasteiger partial charge in [-0.1, -0.05) is 36.4 Å². The summed E-state index contributed by atoms with van der Waals surface area (Å²) in [5, 5.41) is 2.71. The Morgan fingerprint density at radius 2 is 1.83 bits per heavy atom. The number of fused-ring (bicyclic) bond motifs is 1. The first kappa shape index (κ1) is 23.5. The number of nitrogens with one attached hydrogen (secondary N) is 1. The number of rotatable bonds is 5. The zero-order chi connectivity index (χ0) is 25.4. The molecule has 1 saturated heterocycles. The minimum atomic E-state index is -4.67. The molecule has 2 aliphatic heterocycles.